The molecule has 0 saturated carbocycles. The second-order valence-corrected chi connectivity index (χ2v) is 7.38. The number of nitrogens with zero attached hydrogens (tertiary/aromatic N) is 3. The number of benzene rings is 1. The topological polar surface area (TPSA) is 153 Å². The van der Waals surface area contributed by atoms with E-state index in [9.17, 15) is 20.1 Å². The third kappa shape index (κ3) is 3.84. The van der Waals surface area contributed by atoms with Crippen LogP contribution in [0.3, 0.4) is 0 Å². The Morgan fingerprint density at radius 2 is 2.03 bits per heavy atom. The zero-order valence-electron chi connectivity index (χ0n) is 17.9. The quantitative estimate of drug-likeness (QED) is 0.307. The summed E-state index contributed by atoms with van der Waals surface area (Å²) in [6, 6.07) is 11.3. The van der Waals surface area contributed by atoms with Crippen LogP contribution in [0, 0.1) is 27.2 Å². The lowest BCUT2D eigenvalue weighted by Gasteiger charge is -2.22. The standard InChI is InChI=1S/C25H19N5O4/c26-11-3-1-2-7-17-10-12-30(16-6-4-5-15(13-16)14-27)22-23(31)20-18(28)8-9-19(29-33)21(20)24(32)25(22)34-17/h1-6,8-11,13,28,33H,7,12,26H2/b2-1-,11-3-,28-18?,29-19?. The molecule has 0 spiro atoms. The molecular weight excluding hydrogens is 434 g/mol. The van der Waals surface area contributed by atoms with Crippen LogP contribution in [0.1, 0.15) is 12.0 Å². The van der Waals surface area contributed by atoms with Crippen molar-refractivity contribution in [2.75, 3.05) is 11.4 Å². The molecule has 34 heavy (non-hydrogen) atoms. The number of nitrogens with two attached hydrogens (primary N) is 1. The van der Waals surface area contributed by atoms with Crippen molar-refractivity contribution in [1.29, 1.82) is 10.7 Å². The molecule has 9 nitrogen and oxygen atoms in total. The first-order chi connectivity index (χ1) is 16.5. The Bertz CT molecular complexity index is 1690. The zero-order chi connectivity index (χ0) is 24.2. The van der Waals surface area contributed by atoms with Gasteiger partial charge < -0.3 is 26.0 Å². The molecule has 0 saturated heterocycles. The van der Waals surface area contributed by atoms with E-state index in [0.29, 0.717) is 23.4 Å². The predicted molar refractivity (Wildman–Crippen MR) is 124 cm³/mol. The van der Waals surface area contributed by atoms with Crippen molar-refractivity contribution in [3.63, 3.8) is 0 Å². The lowest BCUT2D eigenvalue weighted by atomic mass is 10.1. The monoisotopic (exact) mass is 453 g/mol. The van der Waals surface area contributed by atoms with Gasteiger partial charge in [0, 0.05) is 18.7 Å². The summed E-state index contributed by atoms with van der Waals surface area (Å²) in [4.78, 5) is 28.8. The minimum absolute atomic E-state index is 0.0479. The Morgan fingerprint density at radius 3 is 2.76 bits per heavy atom. The summed E-state index contributed by atoms with van der Waals surface area (Å²) in [7, 11) is 0. The number of rotatable bonds is 4. The number of allylic oxidation sites excluding steroid dienone is 3. The van der Waals surface area contributed by atoms with E-state index in [1.165, 1.54) is 18.3 Å². The van der Waals surface area contributed by atoms with Crippen molar-refractivity contribution in [2.24, 2.45) is 10.9 Å². The summed E-state index contributed by atoms with van der Waals surface area (Å²) in [6.45, 7) is 0.176. The van der Waals surface area contributed by atoms with E-state index in [0.717, 1.165) is 0 Å². The highest BCUT2D eigenvalue weighted by Crippen LogP contribution is 2.33. The molecule has 168 valence electrons. The van der Waals surface area contributed by atoms with E-state index in [-0.39, 0.29) is 39.1 Å². The molecule has 4 N–H and O–H groups in total. The van der Waals surface area contributed by atoms with Crippen molar-refractivity contribution >= 4 is 11.4 Å². The van der Waals surface area contributed by atoms with Gasteiger partial charge in [-0.3, -0.25) is 9.59 Å². The first kappa shape index (κ1) is 22.2. The highest BCUT2D eigenvalue weighted by molar-refractivity contribution is 5.71. The molecule has 3 aliphatic rings. The summed E-state index contributed by atoms with van der Waals surface area (Å²) in [6.07, 6.45) is 8.56. The number of nitriles is 1. The number of ether oxygens (including phenoxy) is 1. The van der Waals surface area contributed by atoms with Crippen LogP contribution in [0.15, 0.2) is 87.4 Å². The molecule has 0 atom stereocenters. The molecule has 1 aliphatic heterocycles. The van der Waals surface area contributed by atoms with Crippen molar-refractivity contribution in [2.45, 2.75) is 6.42 Å². The van der Waals surface area contributed by atoms with E-state index < -0.39 is 10.9 Å². The van der Waals surface area contributed by atoms with Gasteiger partial charge in [0.1, 0.15) is 16.8 Å². The summed E-state index contributed by atoms with van der Waals surface area (Å²) < 4.78 is 5.96. The predicted octanol–water partition coefficient (Wildman–Crippen LogP) is 1.48. The maximum atomic E-state index is 13.7. The number of anilines is 2. The number of hydrogen-bond acceptors (Lipinski definition) is 9. The van der Waals surface area contributed by atoms with Gasteiger partial charge in [0.25, 0.3) is 0 Å². The highest BCUT2D eigenvalue weighted by Gasteiger charge is 2.27. The van der Waals surface area contributed by atoms with E-state index in [4.69, 9.17) is 15.9 Å². The average Bonchev–Trinajstić information content (AvgIpc) is 3.05. The molecule has 4 rings (SSSR count). The third-order valence-electron chi connectivity index (χ3n) is 5.35. The molecule has 0 fully saturated rings. The van der Waals surface area contributed by atoms with Crippen LogP contribution in [0.2, 0.25) is 0 Å². The van der Waals surface area contributed by atoms with Crippen LogP contribution in [0.25, 0.3) is 0 Å². The van der Waals surface area contributed by atoms with Crippen molar-refractivity contribution < 1.29 is 9.94 Å². The molecule has 1 aromatic carbocycles. The summed E-state index contributed by atoms with van der Waals surface area (Å²) in [5, 5.41) is 29.5. The fourth-order valence-corrected chi connectivity index (χ4v) is 3.81. The van der Waals surface area contributed by atoms with Crippen LogP contribution >= 0.6 is 0 Å². The normalized spacial score (nSPS) is 14.1. The van der Waals surface area contributed by atoms with Crippen LogP contribution in [-0.2, 0) is 0 Å². The molecule has 0 radical (unpaired) electrons. The lowest BCUT2D eigenvalue weighted by Crippen LogP contribution is -2.33. The van der Waals surface area contributed by atoms with Gasteiger partial charge in [0.15, 0.2) is 0 Å². The number of nitrogens with one attached hydrogen (secondary N) is 1. The first-order valence-electron chi connectivity index (χ1n) is 10.3. The summed E-state index contributed by atoms with van der Waals surface area (Å²) in [5.41, 5.74) is 4.89. The minimum Gasteiger partial charge on any atom is -0.455 e. The Kier molecular flexibility index (Phi) is 6.05. The van der Waals surface area contributed by atoms with Crippen molar-refractivity contribution in [3.8, 4) is 11.8 Å². The van der Waals surface area contributed by atoms with E-state index >= 15 is 0 Å². The van der Waals surface area contributed by atoms with E-state index in [2.05, 4.69) is 11.2 Å². The van der Waals surface area contributed by atoms with E-state index in [1.807, 2.05) is 0 Å². The Morgan fingerprint density at radius 1 is 1.21 bits per heavy atom. The molecule has 0 amide bonds. The molecule has 1 aromatic rings. The third-order valence-corrected chi connectivity index (χ3v) is 5.35. The first-order valence-corrected chi connectivity index (χ1v) is 10.3. The minimum atomic E-state index is -0.674. The molecule has 2 aliphatic carbocycles. The highest BCUT2D eigenvalue weighted by atomic mass is 16.5. The second kappa shape index (κ2) is 9.26. The average molecular weight is 453 g/mol. The molecule has 0 unspecified atom stereocenters. The van der Waals surface area contributed by atoms with Crippen LogP contribution in [0.4, 0.5) is 11.4 Å². The van der Waals surface area contributed by atoms with Gasteiger partial charge in [-0.15, -0.1) is 0 Å². The maximum Gasteiger partial charge on any atom is 0.233 e. The molecule has 0 aromatic heterocycles. The fourth-order valence-electron chi connectivity index (χ4n) is 3.81. The SMILES string of the molecule is N#Cc1cccc(N2CC=C(C/C=C\C=C/N)Oc3c2c(=O)c2c(=N)ccc(=NO)c=2c3=O)c1. The molecular formula is C25H19N5O4. The number of hydrogen-bond donors (Lipinski definition) is 3. The van der Waals surface area contributed by atoms with Gasteiger partial charge in [-0.25, -0.2) is 0 Å². The van der Waals surface area contributed by atoms with Gasteiger partial charge >= 0.3 is 0 Å². The molecule has 9 heteroatoms. The maximum absolute atomic E-state index is 13.7. The van der Waals surface area contributed by atoms with Gasteiger partial charge in [0.2, 0.25) is 16.6 Å². The molecule has 0 bridgehead atoms. The number of fused-ring (bicyclic) bond motifs is 1. The summed E-state index contributed by atoms with van der Waals surface area (Å²) >= 11 is 0. The van der Waals surface area contributed by atoms with Gasteiger partial charge in [0.05, 0.1) is 27.4 Å². The Hall–Kier alpha value is -4.97. The van der Waals surface area contributed by atoms with Gasteiger partial charge in [-0.05, 0) is 48.7 Å². The zero-order valence-corrected chi connectivity index (χ0v) is 17.9. The van der Waals surface area contributed by atoms with Crippen molar-refractivity contribution in [3.05, 3.63) is 120 Å². The summed E-state index contributed by atoms with van der Waals surface area (Å²) in [5.74, 6) is 0.184. The smallest absolute Gasteiger partial charge is 0.233 e. The second-order valence-electron chi connectivity index (χ2n) is 7.38. The lowest BCUT2D eigenvalue weighted by molar-refractivity contribution is 0.301. The largest absolute Gasteiger partial charge is 0.455 e. The van der Waals surface area contributed by atoms with Gasteiger partial charge in [-0.1, -0.05) is 23.4 Å². The van der Waals surface area contributed by atoms with E-state index in [1.54, 1.807) is 53.5 Å². The fraction of sp³-hybridized carbons (Fsp3) is 0.0800. The molecule has 1 heterocycles. The Labute approximate surface area is 192 Å². The van der Waals surface area contributed by atoms with Crippen LogP contribution in [-0.4, -0.2) is 11.8 Å². The van der Waals surface area contributed by atoms with Crippen LogP contribution in [0.5, 0.6) is 5.75 Å². The Balaban J connectivity index is 2.07. The van der Waals surface area contributed by atoms with Crippen molar-refractivity contribution in [1.82, 2.24) is 0 Å². The van der Waals surface area contributed by atoms with Gasteiger partial charge in [-0.2, -0.15) is 5.26 Å². The van der Waals surface area contributed by atoms with Crippen LogP contribution < -0.4 is 36.9 Å².